The van der Waals surface area contributed by atoms with Crippen LogP contribution in [0.3, 0.4) is 0 Å². The molecule has 0 unspecified atom stereocenters. The van der Waals surface area contributed by atoms with Crippen LogP contribution in [0.1, 0.15) is 15.9 Å². The van der Waals surface area contributed by atoms with Gasteiger partial charge in [0.25, 0.3) is 0 Å². The van der Waals surface area contributed by atoms with E-state index in [0.29, 0.717) is 17.6 Å². The second-order valence-electron chi connectivity index (χ2n) is 2.60. The molecule has 13 heavy (non-hydrogen) atoms. The lowest BCUT2D eigenvalue weighted by molar-refractivity contribution is 0.112. The number of hydrogen-bond donors (Lipinski definition) is 1. The van der Waals surface area contributed by atoms with Gasteiger partial charge < -0.3 is 9.84 Å². The average Bonchev–Trinajstić information content (AvgIpc) is 2.12. The fourth-order valence-corrected chi connectivity index (χ4v) is 1.45. The fraction of sp³-hybridized carbons (Fsp3) is 0.222. The molecule has 0 aromatic heterocycles. The first-order valence-electron chi connectivity index (χ1n) is 3.63. The number of ether oxygens (including phenoxy) is 1. The molecular weight excluding hydrogens is 192 g/mol. The van der Waals surface area contributed by atoms with Crippen LogP contribution in [0.2, 0.25) is 5.02 Å². The molecule has 70 valence electrons. The van der Waals surface area contributed by atoms with E-state index in [1.807, 2.05) is 0 Å². The van der Waals surface area contributed by atoms with Crippen molar-refractivity contribution in [2.45, 2.75) is 6.92 Å². The number of aldehydes is 1. The summed E-state index contributed by atoms with van der Waals surface area (Å²) in [7, 11) is 1.45. The van der Waals surface area contributed by atoms with Crippen LogP contribution in [0, 0.1) is 6.92 Å². The lowest BCUT2D eigenvalue weighted by Gasteiger charge is -2.09. The van der Waals surface area contributed by atoms with E-state index in [9.17, 15) is 9.90 Å². The molecule has 0 amide bonds. The highest BCUT2D eigenvalue weighted by Gasteiger charge is 2.13. The zero-order valence-corrected chi connectivity index (χ0v) is 8.05. The van der Waals surface area contributed by atoms with Gasteiger partial charge in [-0.2, -0.15) is 0 Å². The predicted octanol–water partition coefficient (Wildman–Crippen LogP) is 2.18. The van der Waals surface area contributed by atoms with E-state index in [4.69, 9.17) is 16.3 Å². The molecule has 0 saturated carbocycles. The Balaban J connectivity index is 3.45. The first kappa shape index (κ1) is 9.86. The van der Waals surface area contributed by atoms with Gasteiger partial charge in [0, 0.05) is 0 Å². The number of methoxy groups -OCH3 is 1. The van der Waals surface area contributed by atoms with E-state index >= 15 is 0 Å². The van der Waals surface area contributed by atoms with Crippen LogP contribution in [-0.4, -0.2) is 18.5 Å². The van der Waals surface area contributed by atoms with Gasteiger partial charge in [-0.25, -0.2) is 0 Å². The third-order valence-corrected chi connectivity index (χ3v) is 2.09. The molecule has 1 aromatic rings. The molecule has 0 aliphatic rings. The van der Waals surface area contributed by atoms with Gasteiger partial charge in [-0.1, -0.05) is 11.6 Å². The highest BCUT2D eigenvalue weighted by molar-refractivity contribution is 6.34. The summed E-state index contributed by atoms with van der Waals surface area (Å²) in [5.74, 6) is 0.156. The SMILES string of the molecule is COc1c(C)cc(C=O)c(O)c1Cl. The van der Waals surface area contributed by atoms with E-state index in [0.717, 1.165) is 0 Å². The Morgan fingerprint density at radius 1 is 1.62 bits per heavy atom. The molecule has 0 saturated heterocycles. The number of phenolic OH excluding ortho intramolecular Hbond substituents is 1. The van der Waals surface area contributed by atoms with Gasteiger partial charge >= 0.3 is 0 Å². The number of aromatic hydroxyl groups is 1. The van der Waals surface area contributed by atoms with E-state index in [1.54, 1.807) is 6.92 Å². The van der Waals surface area contributed by atoms with E-state index in [-0.39, 0.29) is 16.3 Å². The molecular formula is C9H9ClO3. The summed E-state index contributed by atoms with van der Waals surface area (Å²) >= 11 is 5.75. The Bertz CT molecular complexity index is 347. The summed E-state index contributed by atoms with van der Waals surface area (Å²) in [4.78, 5) is 10.5. The number of hydrogen-bond acceptors (Lipinski definition) is 3. The van der Waals surface area contributed by atoms with Crippen molar-refractivity contribution in [2.75, 3.05) is 7.11 Å². The minimum absolute atomic E-state index is 0.0737. The second kappa shape index (κ2) is 3.66. The normalized spacial score (nSPS) is 9.77. The third kappa shape index (κ3) is 1.60. The lowest BCUT2D eigenvalue weighted by atomic mass is 10.1. The van der Waals surface area contributed by atoms with Crippen molar-refractivity contribution < 1.29 is 14.6 Å². The summed E-state index contributed by atoms with van der Waals surface area (Å²) in [5, 5.41) is 9.46. The molecule has 1 aromatic carbocycles. The summed E-state index contributed by atoms with van der Waals surface area (Å²) in [5.41, 5.74) is 0.885. The fourth-order valence-electron chi connectivity index (χ4n) is 1.11. The Hall–Kier alpha value is -1.22. The molecule has 0 atom stereocenters. The van der Waals surface area contributed by atoms with Crippen molar-refractivity contribution in [3.05, 3.63) is 22.2 Å². The van der Waals surface area contributed by atoms with Gasteiger partial charge in [0.15, 0.2) is 6.29 Å². The Labute approximate surface area is 80.9 Å². The van der Waals surface area contributed by atoms with Gasteiger partial charge in [0.05, 0.1) is 12.7 Å². The van der Waals surface area contributed by atoms with Crippen LogP contribution in [0.5, 0.6) is 11.5 Å². The van der Waals surface area contributed by atoms with Crippen LogP contribution < -0.4 is 4.74 Å². The maximum absolute atomic E-state index is 10.5. The highest BCUT2D eigenvalue weighted by Crippen LogP contribution is 2.37. The molecule has 0 fully saturated rings. The standard InChI is InChI=1S/C9H9ClO3/c1-5-3-6(4-11)8(12)7(10)9(5)13-2/h3-4,12H,1-2H3. The van der Waals surface area contributed by atoms with Crippen molar-refractivity contribution in [3.8, 4) is 11.5 Å². The Kier molecular flexibility index (Phi) is 2.78. The molecule has 1 rings (SSSR count). The minimum atomic E-state index is -0.237. The molecule has 1 N–H and O–H groups in total. The van der Waals surface area contributed by atoms with E-state index < -0.39 is 0 Å². The van der Waals surface area contributed by atoms with Gasteiger partial charge in [0.2, 0.25) is 0 Å². The molecule has 0 aliphatic carbocycles. The van der Waals surface area contributed by atoms with Crippen molar-refractivity contribution >= 4 is 17.9 Å². The van der Waals surface area contributed by atoms with Crippen LogP contribution >= 0.6 is 11.6 Å². The summed E-state index contributed by atoms with van der Waals surface area (Å²) in [6.07, 6.45) is 0.549. The molecule has 0 spiro atoms. The quantitative estimate of drug-likeness (QED) is 0.745. The molecule has 0 radical (unpaired) electrons. The zero-order valence-electron chi connectivity index (χ0n) is 7.30. The number of phenols is 1. The Morgan fingerprint density at radius 2 is 2.23 bits per heavy atom. The number of benzene rings is 1. The summed E-state index contributed by atoms with van der Waals surface area (Å²) < 4.78 is 4.95. The smallest absolute Gasteiger partial charge is 0.153 e. The largest absolute Gasteiger partial charge is 0.505 e. The minimum Gasteiger partial charge on any atom is -0.505 e. The van der Waals surface area contributed by atoms with Crippen molar-refractivity contribution in [2.24, 2.45) is 0 Å². The van der Waals surface area contributed by atoms with Gasteiger partial charge in [-0.15, -0.1) is 0 Å². The molecule has 0 aliphatic heterocycles. The maximum Gasteiger partial charge on any atom is 0.153 e. The lowest BCUT2D eigenvalue weighted by Crippen LogP contribution is -1.92. The first-order valence-corrected chi connectivity index (χ1v) is 4.00. The molecule has 0 bridgehead atoms. The summed E-state index contributed by atoms with van der Waals surface area (Å²) in [6, 6.07) is 1.52. The molecule has 0 heterocycles. The zero-order chi connectivity index (χ0) is 10.0. The third-order valence-electron chi connectivity index (χ3n) is 1.74. The van der Waals surface area contributed by atoms with Crippen molar-refractivity contribution in [3.63, 3.8) is 0 Å². The average molecular weight is 201 g/mol. The Morgan fingerprint density at radius 3 is 2.69 bits per heavy atom. The highest BCUT2D eigenvalue weighted by atomic mass is 35.5. The van der Waals surface area contributed by atoms with Crippen LogP contribution in [-0.2, 0) is 0 Å². The molecule has 4 heteroatoms. The summed E-state index contributed by atoms with van der Waals surface area (Å²) in [6.45, 7) is 1.75. The second-order valence-corrected chi connectivity index (χ2v) is 2.97. The molecule has 3 nitrogen and oxygen atoms in total. The topological polar surface area (TPSA) is 46.5 Å². The number of rotatable bonds is 2. The van der Waals surface area contributed by atoms with Gasteiger partial charge in [0.1, 0.15) is 16.5 Å². The predicted molar refractivity (Wildman–Crippen MR) is 49.8 cm³/mol. The number of halogens is 1. The monoisotopic (exact) mass is 200 g/mol. The number of carbonyl (C=O) groups excluding carboxylic acids is 1. The number of aryl methyl sites for hydroxylation is 1. The van der Waals surface area contributed by atoms with E-state index in [1.165, 1.54) is 13.2 Å². The van der Waals surface area contributed by atoms with Crippen molar-refractivity contribution in [1.82, 2.24) is 0 Å². The van der Waals surface area contributed by atoms with Crippen LogP contribution in [0.4, 0.5) is 0 Å². The maximum atomic E-state index is 10.5. The van der Waals surface area contributed by atoms with Gasteiger partial charge in [-0.3, -0.25) is 4.79 Å². The van der Waals surface area contributed by atoms with Crippen LogP contribution in [0.15, 0.2) is 6.07 Å². The van der Waals surface area contributed by atoms with Crippen LogP contribution in [0.25, 0.3) is 0 Å². The van der Waals surface area contributed by atoms with E-state index in [2.05, 4.69) is 0 Å². The number of carbonyl (C=O) groups is 1. The first-order chi connectivity index (χ1) is 6.11. The van der Waals surface area contributed by atoms with Crippen molar-refractivity contribution in [1.29, 1.82) is 0 Å². The van der Waals surface area contributed by atoms with Gasteiger partial charge in [-0.05, 0) is 18.6 Å².